The number of halogens is 3. The van der Waals surface area contributed by atoms with Crippen molar-refractivity contribution in [2.24, 2.45) is 5.10 Å². The van der Waals surface area contributed by atoms with Crippen LogP contribution in [0.1, 0.15) is 22.3 Å². The van der Waals surface area contributed by atoms with Crippen molar-refractivity contribution in [2.45, 2.75) is 12.8 Å². The summed E-state index contributed by atoms with van der Waals surface area (Å²) in [5, 5.41) is 26.4. The second kappa shape index (κ2) is 10.1. The molecule has 4 aromatic rings. The SMILES string of the molecule is N#Cc1ccccc1COc1ccc2ccccc2c1/C=N\Nc1ccc(C(F)(F)F)cc1[N+](=O)[O-]. The van der Waals surface area contributed by atoms with Crippen LogP contribution in [0.25, 0.3) is 10.8 Å². The molecule has 0 spiro atoms. The fourth-order valence-corrected chi connectivity index (χ4v) is 3.57. The summed E-state index contributed by atoms with van der Waals surface area (Å²) in [6, 6.07) is 22.3. The zero-order chi connectivity index (χ0) is 25.7. The average Bonchev–Trinajstić information content (AvgIpc) is 2.87. The zero-order valence-electron chi connectivity index (χ0n) is 18.5. The van der Waals surface area contributed by atoms with Gasteiger partial charge in [-0.1, -0.05) is 48.5 Å². The smallest absolute Gasteiger partial charge is 0.416 e. The van der Waals surface area contributed by atoms with Crippen molar-refractivity contribution in [1.82, 2.24) is 0 Å². The first-order chi connectivity index (χ1) is 17.3. The third-order valence-electron chi connectivity index (χ3n) is 5.35. The van der Waals surface area contributed by atoms with Crippen LogP contribution in [-0.2, 0) is 12.8 Å². The molecule has 0 fully saturated rings. The maximum absolute atomic E-state index is 13.0. The summed E-state index contributed by atoms with van der Waals surface area (Å²) in [6.45, 7) is 0.112. The Hall–Kier alpha value is -4.91. The largest absolute Gasteiger partial charge is 0.488 e. The lowest BCUT2D eigenvalue weighted by atomic mass is 10.0. The second-order valence-electron chi connectivity index (χ2n) is 7.61. The molecule has 36 heavy (non-hydrogen) atoms. The van der Waals surface area contributed by atoms with Crippen molar-refractivity contribution < 1.29 is 22.8 Å². The van der Waals surface area contributed by atoms with Crippen LogP contribution < -0.4 is 10.2 Å². The van der Waals surface area contributed by atoms with Crippen molar-refractivity contribution in [3.8, 4) is 11.8 Å². The van der Waals surface area contributed by atoms with Crippen molar-refractivity contribution in [3.63, 3.8) is 0 Å². The lowest BCUT2D eigenvalue weighted by Gasteiger charge is -2.13. The number of hydrazone groups is 1. The predicted octanol–water partition coefficient (Wildman–Crippen LogP) is 6.66. The second-order valence-corrected chi connectivity index (χ2v) is 7.61. The van der Waals surface area contributed by atoms with E-state index in [-0.39, 0.29) is 12.3 Å². The van der Waals surface area contributed by atoms with Crippen LogP contribution in [0.2, 0.25) is 0 Å². The van der Waals surface area contributed by atoms with Gasteiger partial charge in [-0.05, 0) is 35.0 Å². The monoisotopic (exact) mass is 490 g/mol. The van der Waals surface area contributed by atoms with E-state index in [1.165, 1.54) is 6.21 Å². The number of hydrogen-bond acceptors (Lipinski definition) is 6. The molecule has 0 aliphatic rings. The molecule has 0 saturated carbocycles. The van der Waals surface area contributed by atoms with Crippen LogP contribution in [0.4, 0.5) is 24.5 Å². The number of nitrogens with one attached hydrogen (secondary N) is 1. The quantitative estimate of drug-likeness (QED) is 0.177. The van der Waals surface area contributed by atoms with Gasteiger partial charge in [-0.2, -0.15) is 23.5 Å². The molecule has 4 rings (SSSR count). The van der Waals surface area contributed by atoms with Crippen molar-refractivity contribution in [2.75, 3.05) is 5.43 Å². The Kier molecular flexibility index (Phi) is 6.83. The molecule has 0 aliphatic heterocycles. The van der Waals surface area contributed by atoms with Gasteiger partial charge in [0.15, 0.2) is 0 Å². The molecular weight excluding hydrogens is 473 g/mol. The maximum atomic E-state index is 13.0. The maximum Gasteiger partial charge on any atom is 0.416 e. The highest BCUT2D eigenvalue weighted by molar-refractivity contribution is 6.02. The number of fused-ring (bicyclic) bond motifs is 1. The Morgan fingerprint density at radius 1 is 1.06 bits per heavy atom. The number of nitro groups is 1. The molecule has 0 amide bonds. The summed E-state index contributed by atoms with van der Waals surface area (Å²) in [5.41, 5.74) is 2.09. The van der Waals surface area contributed by atoms with Crippen LogP contribution in [0.5, 0.6) is 5.75 Å². The van der Waals surface area contributed by atoms with Gasteiger partial charge in [0.05, 0.1) is 28.3 Å². The molecule has 0 heterocycles. The van der Waals surface area contributed by atoms with Gasteiger partial charge in [0.2, 0.25) is 0 Å². The van der Waals surface area contributed by atoms with Crippen LogP contribution in [0.15, 0.2) is 84.0 Å². The summed E-state index contributed by atoms with van der Waals surface area (Å²) in [4.78, 5) is 10.4. The summed E-state index contributed by atoms with van der Waals surface area (Å²) in [5.74, 6) is 0.439. The molecule has 4 aromatic carbocycles. The zero-order valence-corrected chi connectivity index (χ0v) is 18.5. The molecule has 0 radical (unpaired) electrons. The molecule has 180 valence electrons. The number of nitro benzene ring substituents is 1. The highest BCUT2D eigenvalue weighted by Crippen LogP contribution is 2.35. The average molecular weight is 490 g/mol. The van der Waals surface area contributed by atoms with Crippen molar-refractivity contribution in [1.29, 1.82) is 5.26 Å². The van der Waals surface area contributed by atoms with E-state index in [9.17, 15) is 28.5 Å². The molecule has 10 heteroatoms. The van der Waals surface area contributed by atoms with Gasteiger partial charge < -0.3 is 4.74 Å². The molecule has 0 unspecified atom stereocenters. The van der Waals surface area contributed by atoms with Crippen LogP contribution in [0.3, 0.4) is 0 Å². The molecular formula is C26H17F3N4O3. The Labute approximate surface area is 203 Å². The van der Waals surface area contributed by atoms with Gasteiger partial charge in [0.1, 0.15) is 18.0 Å². The van der Waals surface area contributed by atoms with Crippen LogP contribution >= 0.6 is 0 Å². The number of nitriles is 1. The molecule has 7 nitrogen and oxygen atoms in total. The topological polar surface area (TPSA) is 101 Å². The molecule has 0 aromatic heterocycles. The van der Waals surface area contributed by atoms with Crippen LogP contribution in [-0.4, -0.2) is 11.1 Å². The van der Waals surface area contributed by atoms with E-state index in [1.54, 1.807) is 30.3 Å². The first-order valence-electron chi connectivity index (χ1n) is 10.5. The van der Waals surface area contributed by atoms with E-state index < -0.39 is 22.4 Å². The van der Waals surface area contributed by atoms with Gasteiger partial charge in [-0.25, -0.2) is 0 Å². The van der Waals surface area contributed by atoms with Gasteiger partial charge >= 0.3 is 6.18 Å². The normalized spacial score (nSPS) is 11.4. The lowest BCUT2D eigenvalue weighted by Crippen LogP contribution is -2.07. The summed E-state index contributed by atoms with van der Waals surface area (Å²) in [7, 11) is 0. The van der Waals surface area contributed by atoms with Gasteiger partial charge in [0.25, 0.3) is 5.69 Å². The summed E-state index contributed by atoms with van der Waals surface area (Å²) < 4.78 is 44.9. The predicted molar refractivity (Wildman–Crippen MR) is 129 cm³/mol. The fourth-order valence-electron chi connectivity index (χ4n) is 3.57. The standard InChI is InChI=1S/C26H17F3N4O3/c27-26(28,29)20-10-11-23(24(13-20)33(34)35)32-31-15-22-21-8-4-3-5-17(21)9-12-25(22)36-16-19-7-2-1-6-18(19)14-30/h1-13,15,32H,16H2/b31-15-. The van der Waals surface area contributed by atoms with E-state index in [4.69, 9.17) is 4.74 Å². The molecule has 0 bridgehead atoms. The molecule has 0 saturated heterocycles. The van der Waals surface area contributed by atoms with E-state index >= 15 is 0 Å². The van der Waals surface area contributed by atoms with Crippen molar-refractivity contribution in [3.05, 3.63) is 111 Å². The number of alkyl halides is 3. The Bertz CT molecular complexity index is 1510. The van der Waals surface area contributed by atoms with E-state index in [0.29, 0.717) is 28.5 Å². The number of hydrogen-bond donors (Lipinski definition) is 1. The number of rotatable bonds is 7. The minimum atomic E-state index is -4.72. The Balaban J connectivity index is 1.66. The number of anilines is 1. The van der Waals surface area contributed by atoms with E-state index in [2.05, 4.69) is 16.6 Å². The van der Waals surface area contributed by atoms with Crippen molar-refractivity contribution >= 4 is 28.4 Å². The molecule has 0 aliphatic carbocycles. The van der Waals surface area contributed by atoms with Gasteiger partial charge in [-0.15, -0.1) is 0 Å². The van der Waals surface area contributed by atoms with E-state index in [1.807, 2.05) is 30.3 Å². The summed E-state index contributed by atoms with van der Waals surface area (Å²) >= 11 is 0. The third kappa shape index (κ3) is 5.26. The first kappa shape index (κ1) is 24.2. The summed E-state index contributed by atoms with van der Waals surface area (Å²) in [6.07, 6.45) is -3.33. The number of nitrogens with zero attached hydrogens (tertiary/aromatic N) is 3. The lowest BCUT2D eigenvalue weighted by molar-refractivity contribution is -0.384. The minimum Gasteiger partial charge on any atom is -0.488 e. The highest BCUT2D eigenvalue weighted by Gasteiger charge is 2.33. The molecule has 0 atom stereocenters. The fraction of sp³-hybridized carbons (Fsp3) is 0.0769. The molecule has 1 N–H and O–H groups in total. The first-order valence-corrected chi connectivity index (χ1v) is 10.5. The Morgan fingerprint density at radius 3 is 2.56 bits per heavy atom. The van der Waals surface area contributed by atoms with Gasteiger partial charge in [0, 0.05) is 17.2 Å². The van der Waals surface area contributed by atoms with E-state index in [0.717, 1.165) is 22.9 Å². The minimum absolute atomic E-state index is 0.112. The Morgan fingerprint density at radius 2 is 1.81 bits per heavy atom. The number of benzene rings is 4. The third-order valence-corrected chi connectivity index (χ3v) is 5.35. The number of ether oxygens (including phenoxy) is 1. The van der Waals surface area contributed by atoms with Crippen LogP contribution in [0, 0.1) is 21.4 Å². The highest BCUT2D eigenvalue weighted by atomic mass is 19.4. The van der Waals surface area contributed by atoms with Gasteiger partial charge in [-0.3, -0.25) is 15.5 Å².